The minimum absolute atomic E-state index is 0.745. The van der Waals surface area contributed by atoms with Gasteiger partial charge in [-0.3, -0.25) is 0 Å². The molecule has 0 aromatic heterocycles. The van der Waals surface area contributed by atoms with Crippen LogP contribution in [0.5, 0.6) is 0 Å². The molecule has 0 radical (unpaired) electrons. The smallest absolute Gasteiger partial charge is 0.000520 e. The summed E-state index contributed by atoms with van der Waals surface area (Å²) in [5, 5.41) is 3.34. The van der Waals surface area contributed by atoms with Gasteiger partial charge in [-0.2, -0.15) is 0 Å². The number of rotatable bonds is 2. The van der Waals surface area contributed by atoms with Crippen LogP contribution in [0.15, 0.2) is 0 Å². The number of hydrogen-bond acceptors (Lipinski definition) is 2. The Hall–Kier alpha value is -0.0800. The first kappa shape index (κ1) is 7.03. The first-order valence-corrected chi connectivity index (χ1v) is 3.79. The van der Waals surface area contributed by atoms with Crippen molar-refractivity contribution in [1.82, 2.24) is 5.32 Å². The highest BCUT2D eigenvalue weighted by Crippen LogP contribution is 2.17. The lowest BCUT2D eigenvalue weighted by atomic mass is 9.94. The second-order valence-corrected chi connectivity index (χ2v) is 2.82. The van der Waals surface area contributed by atoms with E-state index < -0.39 is 0 Å². The fourth-order valence-electron chi connectivity index (χ4n) is 1.54. The van der Waals surface area contributed by atoms with Crippen LogP contribution in [0.1, 0.15) is 13.3 Å². The van der Waals surface area contributed by atoms with Crippen LogP contribution in [-0.4, -0.2) is 19.6 Å². The third-order valence-electron chi connectivity index (χ3n) is 2.31. The first-order chi connectivity index (χ1) is 4.38. The van der Waals surface area contributed by atoms with Gasteiger partial charge in [0.1, 0.15) is 0 Å². The van der Waals surface area contributed by atoms with Gasteiger partial charge in [0.2, 0.25) is 0 Å². The minimum atomic E-state index is 0.745. The highest BCUT2D eigenvalue weighted by molar-refractivity contribution is 4.80. The second kappa shape index (κ2) is 3.18. The molecule has 2 atom stereocenters. The molecule has 0 aromatic rings. The molecular weight excluding hydrogens is 112 g/mol. The van der Waals surface area contributed by atoms with Gasteiger partial charge in [-0.1, -0.05) is 13.3 Å². The largest absolute Gasteiger partial charge is 0.330 e. The summed E-state index contributed by atoms with van der Waals surface area (Å²) in [6, 6.07) is 0. The summed E-state index contributed by atoms with van der Waals surface area (Å²) in [7, 11) is 0. The molecule has 1 fully saturated rings. The zero-order chi connectivity index (χ0) is 6.69. The van der Waals surface area contributed by atoms with Crippen molar-refractivity contribution in [3.63, 3.8) is 0 Å². The Bertz CT molecular complexity index is 73.0. The Labute approximate surface area is 56.8 Å². The van der Waals surface area contributed by atoms with Crippen molar-refractivity contribution in [2.45, 2.75) is 13.3 Å². The van der Waals surface area contributed by atoms with E-state index in [1.807, 2.05) is 0 Å². The van der Waals surface area contributed by atoms with Crippen LogP contribution in [0.3, 0.4) is 0 Å². The lowest BCUT2D eigenvalue weighted by Gasteiger charge is -2.12. The Morgan fingerprint density at radius 2 is 2.11 bits per heavy atom. The van der Waals surface area contributed by atoms with E-state index in [-0.39, 0.29) is 0 Å². The van der Waals surface area contributed by atoms with E-state index in [9.17, 15) is 0 Å². The quantitative estimate of drug-likeness (QED) is 0.557. The molecule has 0 aliphatic carbocycles. The maximum absolute atomic E-state index is 5.56. The third-order valence-corrected chi connectivity index (χ3v) is 2.31. The van der Waals surface area contributed by atoms with Gasteiger partial charge in [0, 0.05) is 0 Å². The lowest BCUT2D eigenvalue weighted by Crippen LogP contribution is -2.21. The molecule has 2 nitrogen and oxygen atoms in total. The van der Waals surface area contributed by atoms with Crippen molar-refractivity contribution in [2.24, 2.45) is 17.6 Å². The molecule has 1 aliphatic heterocycles. The summed E-state index contributed by atoms with van der Waals surface area (Å²) in [4.78, 5) is 0. The Kier molecular flexibility index (Phi) is 2.49. The summed E-state index contributed by atoms with van der Waals surface area (Å²) in [5.41, 5.74) is 5.56. The number of hydrogen-bond donors (Lipinski definition) is 2. The summed E-state index contributed by atoms with van der Waals surface area (Å²) in [5.74, 6) is 1.59. The highest BCUT2D eigenvalue weighted by atomic mass is 14.9. The van der Waals surface area contributed by atoms with Crippen LogP contribution >= 0.6 is 0 Å². The number of nitrogens with two attached hydrogens (primary N) is 1. The van der Waals surface area contributed by atoms with E-state index >= 15 is 0 Å². The van der Waals surface area contributed by atoms with Gasteiger partial charge in [0.05, 0.1) is 0 Å². The van der Waals surface area contributed by atoms with Crippen LogP contribution in [0, 0.1) is 11.8 Å². The van der Waals surface area contributed by atoms with Crippen molar-refractivity contribution in [2.75, 3.05) is 19.6 Å². The van der Waals surface area contributed by atoms with Crippen molar-refractivity contribution in [1.29, 1.82) is 0 Å². The van der Waals surface area contributed by atoms with Crippen molar-refractivity contribution >= 4 is 0 Å². The maximum Gasteiger partial charge on any atom is -0.000520 e. The van der Waals surface area contributed by atoms with Gasteiger partial charge in [-0.25, -0.2) is 0 Å². The maximum atomic E-state index is 5.56. The molecule has 2 heteroatoms. The monoisotopic (exact) mass is 128 g/mol. The summed E-state index contributed by atoms with van der Waals surface area (Å²) >= 11 is 0. The predicted molar refractivity (Wildman–Crippen MR) is 39.2 cm³/mol. The molecule has 0 saturated carbocycles. The van der Waals surface area contributed by atoms with Crippen molar-refractivity contribution in [3.05, 3.63) is 0 Å². The summed E-state index contributed by atoms with van der Waals surface area (Å²) in [6.45, 7) is 5.40. The normalized spacial score (nSPS) is 35.3. The SMILES string of the molecule is CCC1CNCC1CN. The topological polar surface area (TPSA) is 38.0 Å². The third kappa shape index (κ3) is 1.43. The van der Waals surface area contributed by atoms with Gasteiger partial charge in [-0.05, 0) is 31.5 Å². The van der Waals surface area contributed by atoms with Crippen LogP contribution in [0.25, 0.3) is 0 Å². The van der Waals surface area contributed by atoms with Crippen LogP contribution in [0.4, 0.5) is 0 Å². The summed E-state index contributed by atoms with van der Waals surface area (Å²) < 4.78 is 0. The molecule has 3 N–H and O–H groups in total. The van der Waals surface area contributed by atoms with Crippen molar-refractivity contribution < 1.29 is 0 Å². The van der Waals surface area contributed by atoms with Crippen LogP contribution in [0.2, 0.25) is 0 Å². The van der Waals surface area contributed by atoms with Gasteiger partial charge < -0.3 is 11.1 Å². The van der Waals surface area contributed by atoms with E-state index in [1.54, 1.807) is 0 Å². The molecule has 1 rings (SSSR count). The lowest BCUT2D eigenvalue weighted by molar-refractivity contribution is 0.416. The molecule has 0 amide bonds. The average Bonchev–Trinajstić information content (AvgIpc) is 2.33. The molecule has 1 heterocycles. The zero-order valence-electron chi connectivity index (χ0n) is 6.06. The predicted octanol–water partition coefficient (Wildman–Crippen LogP) is 0.191. The molecule has 0 bridgehead atoms. The van der Waals surface area contributed by atoms with Crippen molar-refractivity contribution in [3.8, 4) is 0 Å². The zero-order valence-corrected chi connectivity index (χ0v) is 6.06. The molecule has 9 heavy (non-hydrogen) atoms. The van der Waals surface area contributed by atoms with Gasteiger partial charge in [0.15, 0.2) is 0 Å². The standard InChI is InChI=1S/C7H16N2/c1-2-6-4-9-5-7(6)3-8/h6-7,9H,2-5,8H2,1H3. The molecular formula is C7H16N2. The molecule has 0 spiro atoms. The second-order valence-electron chi connectivity index (χ2n) is 2.82. The van der Waals surface area contributed by atoms with Gasteiger partial charge >= 0.3 is 0 Å². The Morgan fingerprint density at radius 3 is 2.56 bits per heavy atom. The molecule has 0 aromatic carbocycles. The van der Waals surface area contributed by atoms with Gasteiger partial charge in [-0.15, -0.1) is 0 Å². The fraction of sp³-hybridized carbons (Fsp3) is 1.00. The molecule has 54 valence electrons. The Balaban J connectivity index is 2.32. The van der Waals surface area contributed by atoms with E-state index in [1.165, 1.54) is 13.0 Å². The summed E-state index contributed by atoms with van der Waals surface area (Å²) in [6.07, 6.45) is 1.27. The van der Waals surface area contributed by atoms with E-state index in [2.05, 4.69) is 12.2 Å². The average molecular weight is 128 g/mol. The minimum Gasteiger partial charge on any atom is -0.330 e. The number of nitrogens with one attached hydrogen (secondary N) is 1. The van der Waals surface area contributed by atoms with Crippen LogP contribution < -0.4 is 11.1 Å². The highest BCUT2D eigenvalue weighted by Gasteiger charge is 2.23. The molecule has 1 saturated heterocycles. The van der Waals surface area contributed by atoms with E-state index in [4.69, 9.17) is 5.73 Å². The van der Waals surface area contributed by atoms with E-state index in [0.29, 0.717) is 0 Å². The Morgan fingerprint density at radius 1 is 1.44 bits per heavy atom. The fourth-order valence-corrected chi connectivity index (χ4v) is 1.54. The van der Waals surface area contributed by atoms with Crippen LogP contribution in [-0.2, 0) is 0 Å². The van der Waals surface area contributed by atoms with E-state index in [0.717, 1.165) is 24.9 Å². The van der Waals surface area contributed by atoms with Gasteiger partial charge in [0.25, 0.3) is 0 Å². The molecule has 2 unspecified atom stereocenters. The molecule has 1 aliphatic rings. The first-order valence-electron chi connectivity index (χ1n) is 3.79.